The highest BCUT2D eigenvalue weighted by molar-refractivity contribution is 6.02. The molecular weight excluding hydrogens is 366 g/mol. The summed E-state index contributed by atoms with van der Waals surface area (Å²) in [6, 6.07) is 8.53. The van der Waals surface area contributed by atoms with Crippen LogP contribution in [0.25, 0.3) is 6.08 Å². The lowest BCUT2D eigenvalue weighted by molar-refractivity contribution is -0.137. The zero-order valence-electron chi connectivity index (χ0n) is 14.3. The van der Waals surface area contributed by atoms with E-state index < -0.39 is 23.5 Å². The lowest BCUT2D eigenvalue weighted by Gasteiger charge is -2.14. The van der Waals surface area contributed by atoms with Crippen molar-refractivity contribution < 1.29 is 31.8 Å². The molecule has 0 heterocycles. The summed E-state index contributed by atoms with van der Waals surface area (Å²) in [4.78, 5) is 12.1. The first-order valence-corrected chi connectivity index (χ1v) is 7.88. The summed E-state index contributed by atoms with van der Waals surface area (Å²) in [6.07, 6.45) is -2.32. The summed E-state index contributed by atoms with van der Waals surface area (Å²) in [5.74, 6) is -1.19. The van der Waals surface area contributed by atoms with Crippen molar-refractivity contribution in [3.05, 3.63) is 65.5 Å². The molecule has 27 heavy (non-hydrogen) atoms. The fraction of sp³-hybridized carbons (Fsp3) is 0.211. The highest BCUT2D eigenvalue weighted by Crippen LogP contribution is 2.35. The van der Waals surface area contributed by atoms with Crippen molar-refractivity contribution in [2.24, 2.45) is 0 Å². The number of nitrogens with one attached hydrogen (secondary N) is 1. The quantitative estimate of drug-likeness (QED) is 0.434. The van der Waals surface area contributed by atoms with Gasteiger partial charge in [-0.2, -0.15) is 13.2 Å². The van der Waals surface area contributed by atoms with Gasteiger partial charge in [0.2, 0.25) is 5.91 Å². The second-order valence-corrected chi connectivity index (χ2v) is 5.39. The molecule has 0 saturated heterocycles. The Morgan fingerprint density at radius 3 is 2.56 bits per heavy atom. The molecule has 0 saturated carbocycles. The number of halogens is 4. The summed E-state index contributed by atoms with van der Waals surface area (Å²) in [5.41, 5.74) is -0.910. The largest absolute Gasteiger partial charge is 0.489 e. The highest BCUT2D eigenvalue weighted by Gasteiger charge is 2.31. The first-order chi connectivity index (χ1) is 12.8. The molecule has 2 aromatic rings. The third-order valence-electron chi connectivity index (χ3n) is 3.43. The van der Waals surface area contributed by atoms with E-state index >= 15 is 0 Å². The summed E-state index contributed by atoms with van der Waals surface area (Å²) in [7, 11) is 1.45. The second-order valence-electron chi connectivity index (χ2n) is 5.39. The van der Waals surface area contributed by atoms with E-state index in [1.165, 1.54) is 31.4 Å². The molecule has 0 aliphatic rings. The number of hydrogen-bond acceptors (Lipinski definition) is 3. The number of hydrogen-bond donors (Lipinski definition) is 1. The van der Waals surface area contributed by atoms with Crippen LogP contribution in [0.1, 0.15) is 11.1 Å². The molecule has 1 N–H and O–H groups in total. The molecule has 2 rings (SSSR count). The fourth-order valence-corrected chi connectivity index (χ4v) is 2.11. The Morgan fingerprint density at radius 2 is 1.89 bits per heavy atom. The van der Waals surface area contributed by atoms with Crippen LogP contribution in [-0.4, -0.2) is 26.2 Å². The van der Waals surface area contributed by atoms with E-state index in [2.05, 4.69) is 5.32 Å². The van der Waals surface area contributed by atoms with Crippen LogP contribution in [0.2, 0.25) is 0 Å². The third-order valence-corrected chi connectivity index (χ3v) is 3.43. The maximum Gasteiger partial charge on any atom is 0.416 e. The Kier molecular flexibility index (Phi) is 6.95. The predicted molar refractivity (Wildman–Crippen MR) is 92.9 cm³/mol. The normalized spacial score (nSPS) is 11.6. The predicted octanol–water partition coefficient (Wildman–Crippen LogP) is 4.52. The minimum atomic E-state index is -4.58. The van der Waals surface area contributed by atoms with Crippen LogP contribution in [0.5, 0.6) is 5.75 Å². The lowest BCUT2D eigenvalue weighted by atomic mass is 10.1. The zero-order chi connectivity index (χ0) is 19.9. The van der Waals surface area contributed by atoms with Gasteiger partial charge in [0.1, 0.15) is 18.2 Å². The van der Waals surface area contributed by atoms with Gasteiger partial charge < -0.3 is 14.8 Å². The molecule has 8 heteroatoms. The Morgan fingerprint density at radius 1 is 1.15 bits per heavy atom. The molecule has 0 aromatic heterocycles. The van der Waals surface area contributed by atoms with E-state index in [4.69, 9.17) is 9.47 Å². The maximum absolute atomic E-state index is 13.5. The van der Waals surface area contributed by atoms with Gasteiger partial charge in [0, 0.05) is 18.7 Å². The molecule has 0 fully saturated rings. The van der Waals surface area contributed by atoms with E-state index in [1.54, 1.807) is 6.07 Å². The summed E-state index contributed by atoms with van der Waals surface area (Å²) in [5, 5.41) is 2.33. The maximum atomic E-state index is 13.5. The molecule has 1 amide bonds. The topological polar surface area (TPSA) is 47.6 Å². The average Bonchev–Trinajstić information content (AvgIpc) is 2.61. The van der Waals surface area contributed by atoms with Crippen molar-refractivity contribution in [2.45, 2.75) is 6.18 Å². The monoisotopic (exact) mass is 383 g/mol. The van der Waals surface area contributed by atoms with E-state index in [0.29, 0.717) is 0 Å². The molecule has 0 bridgehead atoms. The number of benzene rings is 2. The average molecular weight is 383 g/mol. The van der Waals surface area contributed by atoms with E-state index in [-0.39, 0.29) is 30.2 Å². The Labute approximate surface area is 153 Å². The molecule has 0 spiro atoms. The van der Waals surface area contributed by atoms with Gasteiger partial charge in [-0.25, -0.2) is 4.39 Å². The van der Waals surface area contributed by atoms with Crippen molar-refractivity contribution >= 4 is 17.7 Å². The van der Waals surface area contributed by atoms with Gasteiger partial charge in [0.15, 0.2) is 0 Å². The molecule has 0 radical (unpaired) electrons. The van der Waals surface area contributed by atoms with Gasteiger partial charge in [-0.05, 0) is 30.3 Å². The number of alkyl halides is 3. The van der Waals surface area contributed by atoms with Gasteiger partial charge >= 0.3 is 6.18 Å². The highest BCUT2D eigenvalue weighted by atomic mass is 19.4. The standard InChI is InChI=1S/C19H17F4NO3/c1-26-10-11-27-17-8-7-14(19(21,22)23)12-16(17)24-18(25)9-6-13-4-2-3-5-15(13)20/h2-9,12H,10-11H2,1H3,(H,24,25)/b9-6+. The van der Waals surface area contributed by atoms with Gasteiger partial charge in [0.05, 0.1) is 17.9 Å². The number of rotatable bonds is 7. The molecule has 2 aromatic carbocycles. The first kappa shape index (κ1) is 20.4. The van der Waals surface area contributed by atoms with Crippen LogP contribution in [0.4, 0.5) is 23.2 Å². The second kappa shape index (κ2) is 9.18. The van der Waals surface area contributed by atoms with Crippen molar-refractivity contribution in [1.82, 2.24) is 0 Å². The first-order valence-electron chi connectivity index (χ1n) is 7.88. The van der Waals surface area contributed by atoms with Gasteiger partial charge in [-0.3, -0.25) is 4.79 Å². The number of carbonyl (C=O) groups excluding carboxylic acids is 1. The molecule has 0 aliphatic carbocycles. The number of carbonyl (C=O) groups is 1. The smallest absolute Gasteiger partial charge is 0.416 e. The van der Waals surface area contributed by atoms with Crippen LogP contribution in [0, 0.1) is 5.82 Å². The number of anilines is 1. The van der Waals surface area contributed by atoms with E-state index in [9.17, 15) is 22.4 Å². The van der Waals surface area contributed by atoms with Crippen LogP contribution >= 0.6 is 0 Å². The molecular formula is C19H17F4NO3. The lowest BCUT2D eigenvalue weighted by Crippen LogP contribution is -2.13. The molecule has 0 unspecified atom stereocenters. The molecule has 0 aliphatic heterocycles. The minimum absolute atomic E-state index is 0.0627. The van der Waals surface area contributed by atoms with E-state index in [0.717, 1.165) is 24.3 Å². The van der Waals surface area contributed by atoms with Crippen molar-refractivity contribution in [3.8, 4) is 5.75 Å². The fourth-order valence-electron chi connectivity index (χ4n) is 2.11. The summed E-state index contributed by atoms with van der Waals surface area (Å²) in [6.45, 7) is 0.317. The third kappa shape index (κ3) is 6.10. The zero-order valence-corrected chi connectivity index (χ0v) is 14.3. The number of methoxy groups -OCH3 is 1. The SMILES string of the molecule is COCCOc1ccc(C(F)(F)F)cc1NC(=O)/C=C/c1ccccc1F. The van der Waals surface area contributed by atoms with Crippen molar-refractivity contribution in [1.29, 1.82) is 0 Å². The molecule has 4 nitrogen and oxygen atoms in total. The summed E-state index contributed by atoms with van der Waals surface area (Å²) >= 11 is 0. The number of ether oxygens (including phenoxy) is 2. The molecule has 144 valence electrons. The van der Waals surface area contributed by atoms with Crippen LogP contribution in [-0.2, 0) is 15.7 Å². The van der Waals surface area contributed by atoms with Crippen LogP contribution in [0.3, 0.4) is 0 Å². The van der Waals surface area contributed by atoms with Gasteiger partial charge in [-0.1, -0.05) is 18.2 Å². The van der Waals surface area contributed by atoms with Crippen LogP contribution < -0.4 is 10.1 Å². The van der Waals surface area contributed by atoms with Crippen molar-refractivity contribution in [3.63, 3.8) is 0 Å². The van der Waals surface area contributed by atoms with Crippen LogP contribution in [0.15, 0.2) is 48.5 Å². The van der Waals surface area contributed by atoms with E-state index in [1.807, 2.05) is 0 Å². The Balaban J connectivity index is 2.20. The Bertz CT molecular complexity index is 819. The van der Waals surface area contributed by atoms with Gasteiger partial charge in [-0.15, -0.1) is 0 Å². The van der Waals surface area contributed by atoms with Gasteiger partial charge in [0.25, 0.3) is 0 Å². The van der Waals surface area contributed by atoms with Crippen molar-refractivity contribution in [2.75, 3.05) is 25.6 Å². The minimum Gasteiger partial charge on any atom is -0.489 e. The Hall–Kier alpha value is -2.87. The summed E-state index contributed by atoms with van der Waals surface area (Å²) < 4.78 is 62.5. The molecule has 0 atom stereocenters. The number of amides is 1.